The Kier molecular flexibility index (Phi) is 9.96. The number of nitrogen functional groups attached to an aromatic ring is 2. The number of nitrogens with zero attached hydrogens (tertiary/aromatic N) is 2. The van der Waals surface area contributed by atoms with E-state index in [-0.39, 0.29) is 43.1 Å². The van der Waals surface area contributed by atoms with Crippen LogP contribution in [0.2, 0.25) is 0 Å². The topological polar surface area (TPSA) is 190 Å². The van der Waals surface area contributed by atoms with Crippen molar-refractivity contribution < 1.29 is 14.3 Å². The summed E-state index contributed by atoms with van der Waals surface area (Å²) in [4.78, 5) is 43.8. The first-order chi connectivity index (χ1) is 21.0. The van der Waals surface area contributed by atoms with E-state index in [1.165, 1.54) is 10.8 Å². The highest BCUT2D eigenvalue weighted by Crippen LogP contribution is 2.26. The zero-order chi connectivity index (χ0) is 31.8. The van der Waals surface area contributed by atoms with Crippen molar-refractivity contribution in [3.05, 3.63) is 100.0 Å². The lowest BCUT2D eigenvalue weighted by Gasteiger charge is -2.17. The number of nitrogens with one attached hydrogen (secondary N) is 4. The number of aromatic nitrogens is 2. The normalized spacial score (nSPS) is 10.7. The number of amides is 2. The molecule has 8 N–H and O–H groups in total. The van der Waals surface area contributed by atoms with Gasteiger partial charge < -0.3 is 32.2 Å². The van der Waals surface area contributed by atoms with Gasteiger partial charge in [-0.1, -0.05) is 36.4 Å². The molecule has 44 heavy (non-hydrogen) atoms. The molecule has 0 saturated carbocycles. The van der Waals surface area contributed by atoms with Crippen LogP contribution < -0.4 is 37.7 Å². The average Bonchev–Trinajstić information content (AvgIpc) is 2.97. The third-order valence-corrected chi connectivity index (χ3v) is 6.57. The lowest BCUT2D eigenvalue weighted by molar-refractivity contribution is -0.121. The molecule has 12 heteroatoms. The van der Waals surface area contributed by atoms with E-state index in [2.05, 4.69) is 20.9 Å². The molecular formula is C32H36N8O4. The van der Waals surface area contributed by atoms with E-state index in [1.807, 2.05) is 26.0 Å². The second-order valence-corrected chi connectivity index (χ2v) is 10.5. The Hall–Kier alpha value is -5.65. The highest BCUT2D eigenvalue weighted by molar-refractivity contribution is 5.95. The van der Waals surface area contributed by atoms with Gasteiger partial charge in [0, 0.05) is 35.1 Å². The molecule has 228 valence electrons. The minimum absolute atomic E-state index is 0.0443. The third-order valence-electron chi connectivity index (χ3n) is 6.57. The van der Waals surface area contributed by atoms with Crippen molar-refractivity contribution in [3.63, 3.8) is 0 Å². The fraction of sp³-hybridized carbons (Fsp3) is 0.219. The van der Waals surface area contributed by atoms with Gasteiger partial charge in [0.1, 0.15) is 18.1 Å². The number of benzene rings is 3. The summed E-state index contributed by atoms with van der Waals surface area (Å²) in [6.45, 7) is 3.68. The first-order valence-corrected chi connectivity index (χ1v) is 13.9. The molecule has 12 nitrogen and oxygen atoms in total. The maximum Gasteiger partial charge on any atom is 0.294 e. The second kappa shape index (κ2) is 14.0. The molecule has 4 aromatic rings. The molecule has 0 aliphatic heterocycles. The van der Waals surface area contributed by atoms with Crippen LogP contribution in [-0.4, -0.2) is 40.4 Å². The van der Waals surface area contributed by atoms with E-state index >= 15 is 0 Å². The lowest BCUT2D eigenvalue weighted by Crippen LogP contribution is -2.35. The number of carbonyl (C=O) groups is 2. The summed E-state index contributed by atoms with van der Waals surface area (Å²) in [7, 11) is 1.56. The van der Waals surface area contributed by atoms with Crippen LogP contribution in [0.5, 0.6) is 5.75 Å². The molecule has 0 radical (unpaired) electrons. The van der Waals surface area contributed by atoms with Gasteiger partial charge >= 0.3 is 0 Å². The number of carbonyl (C=O) groups excluding carboxylic acids is 2. The smallest absolute Gasteiger partial charge is 0.294 e. The van der Waals surface area contributed by atoms with E-state index in [9.17, 15) is 14.4 Å². The minimum Gasteiger partial charge on any atom is -0.497 e. The number of methoxy groups -OCH3 is 1. The van der Waals surface area contributed by atoms with Gasteiger partial charge in [0.15, 0.2) is 5.82 Å². The van der Waals surface area contributed by atoms with Crippen LogP contribution in [0.15, 0.2) is 77.7 Å². The highest BCUT2D eigenvalue weighted by atomic mass is 16.5. The van der Waals surface area contributed by atoms with Gasteiger partial charge in [-0.3, -0.25) is 24.4 Å². The summed E-state index contributed by atoms with van der Waals surface area (Å²) in [5, 5.41) is 16.2. The minimum atomic E-state index is -0.483. The highest BCUT2D eigenvalue weighted by Gasteiger charge is 2.17. The van der Waals surface area contributed by atoms with E-state index < -0.39 is 11.5 Å². The summed E-state index contributed by atoms with van der Waals surface area (Å²) < 4.78 is 6.56. The third kappa shape index (κ3) is 8.22. The largest absolute Gasteiger partial charge is 0.497 e. The predicted molar refractivity (Wildman–Crippen MR) is 172 cm³/mol. The number of rotatable bonds is 12. The number of anilines is 3. The van der Waals surface area contributed by atoms with E-state index in [0.29, 0.717) is 33.9 Å². The Labute approximate surface area is 255 Å². The summed E-state index contributed by atoms with van der Waals surface area (Å²) in [6, 6.07) is 19.0. The molecule has 0 unspecified atom stereocenters. The molecule has 4 rings (SSSR count). The maximum absolute atomic E-state index is 13.5. The van der Waals surface area contributed by atoms with Crippen molar-refractivity contribution in [2.75, 3.05) is 23.5 Å². The van der Waals surface area contributed by atoms with Crippen LogP contribution in [0.25, 0.3) is 11.3 Å². The molecule has 1 aromatic heterocycles. The van der Waals surface area contributed by atoms with Crippen molar-refractivity contribution in [1.29, 1.82) is 5.41 Å². The van der Waals surface area contributed by atoms with Crippen molar-refractivity contribution in [2.45, 2.75) is 39.4 Å². The van der Waals surface area contributed by atoms with Gasteiger partial charge in [-0.25, -0.2) is 4.98 Å². The number of ether oxygens (including phenoxy) is 1. The molecule has 2 amide bonds. The number of nitrogens with two attached hydrogens (primary N) is 2. The number of amidine groups is 1. The van der Waals surface area contributed by atoms with Gasteiger partial charge in [0.05, 0.1) is 25.4 Å². The predicted octanol–water partition coefficient (Wildman–Crippen LogP) is 3.10. The zero-order valence-electron chi connectivity index (χ0n) is 24.8. The Morgan fingerprint density at radius 1 is 1.02 bits per heavy atom. The molecule has 3 aromatic carbocycles. The van der Waals surface area contributed by atoms with Crippen LogP contribution in [0, 0.1) is 5.41 Å². The second-order valence-electron chi connectivity index (χ2n) is 10.5. The Balaban J connectivity index is 1.58. The Bertz CT molecular complexity index is 1730. The monoisotopic (exact) mass is 596 g/mol. The average molecular weight is 597 g/mol. The molecular weight excluding hydrogens is 560 g/mol. The summed E-state index contributed by atoms with van der Waals surface area (Å²) in [5.41, 5.74) is 15.0. The van der Waals surface area contributed by atoms with Crippen molar-refractivity contribution in [3.8, 4) is 17.0 Å². The zero-order valence-corrected chi connectivity index (χ0v) is 24.8. The Morgan fingerprint density at radius 3 is 2.45 bits per heavy atom. The van der Waals surface area contributed by atoms with Gasteiger partial charge in [-0.15, -0.1) is 0 Å². The van der Waals surface area contributed by atoms with Crippen LogP contribution in [0.4, 0.5) is 17.2 Å². The van der Waals surface area contributed by atoms with E-state index in [1.54, 1.807) is 61.7 Å². The molecule has 0 spiro atoms. The lowest BCUT2D eigenvalue weighted by atomic mass is 10.1. The maximum atomic E-state index is 13.5. The summed E-state index contributed by atoms with van der Waals surface area (Å²) >= 11 is 0. The fourth-order valence-corrected chi connectivity index (χ4v) is 4.49. The van der Waals surface area contributed by atoms with Crippen LogP contribution in [0.1, 0.15) is 30.5 Å². The summed E-state index contributed by atoms with van der Waals surface area (Å²) in [5.74, 6) is 0.0421. The van der Waals surface area contributed by atoms with Crippen molar-refractivity contribution in [2.24, 2.45) is 5.73 Å². The van der Waals surface area contributed by atoms with Crippen LogP contribution in [-0.2, 0) is 29.1 Å². The molecule has 0 atom stereocenters. The first kappa shape index (κ1) is 31.3. The standard InChI is InChI=1S/C32H36N8O4/c1-19(2)38-31-32(43)40(18-29(42)36-16-20-7-9-22(10-8-20)30(34)35)27(17-37-31)23-13-24(33)15-25(14-23)39-28(41)12-21-5-4-6-26(11-21)44-3/h4-11,13-15,17,19H,12,16,18,33H2,1-3H3,(H3,34,35)(H,36,42)(H,37,38)(H,39,41). The van der Waals surface area contributed by atoms with Crippen molar-refractivity contribution in [1.82, 2.24) is 14.9 Å². The van der Waals surface area contributed by atoms with Gasteiger partial charge in [-0.2, -0.15) is 0 Å². The molecule has 1 heterocycles. The molecule has 0 saturated heterocycles. The molecule has 0 aliphatic rings. The van der Waals surface area contributed by atoms with Gasteiger partial charge in [0.2, 0.25) is 11.8 Å². The quantitative estimate of drug-likeness (QED) is 0.0816. The van der Waals surface area contributed by atoms with Gasteiger partial charge in [-0.05, 0) is 55.3 Å². The number of hydrogen-bond acceptors (Lipinski definition) is 8. The Morgan fingerprint density at radius 2 is 1.77 bits per heavy atom. The number of hydrogen-bond donors (Lipinski definition) is 6. The SMILES string of the molecule is COc1cccc(CC(=O)Nc2cc(N)cc(-c3cnc(NC(C)C)c(=O)n3CC(=O)NCc3ccc(C(=N)N)cc3)c2)c1. The van der Waals surface area contributed by atoms with Crippen LogP contribution in [0.3, 0.4) is 0 Å². The van der Waals surface area contributed by atoms with E-state index in [4.69, 9.17) is 21.6 Å². The molecule has 0 fully saturated rings. The van der Waals surface area contributed by atoms with E-state index in [0.717, 1.165) is 11.1 Å². The van der Waals surface area contributed by atoms with Gasteiger partial charge in [0.25, 0.3) is 5.56 Å². The molecule has 0 bridgehead atoms. The van der Waals surface area contributed by atoms with Crippen LogP contribution >= 0.6 is 0 Å². The fourth-order valence-electron chi connectivity index (χ4n) is 4.49. The molecule has 0 aliphatic carbocycles. The first-order valence-electron chi connectivity index (χ1n) is 13.9. The summed E-state index contributed by atoms with van der Waals surface area (Å²) in [6.07, 6.45) is 1.61. The van der Waals surface area contributed by atoms with Crippen molar-refractivity contribution >= 4 is 34.8 Å².